The average molecular weight is 271 g/mol. The Morgan fingerprint density at radius 3 is 2.76 bits per heavy atom. The van der Waals surface area contributed by atoms with E-state index >= 15 is 0 Å². The molecule has 5 heteroatoms. The molecule has 17 heavy (non-hydrogen) atoms. The van der Waals surface area contributed by atoms with Gasteiger partial charge in [0.05, 0.1) is 11.1 Å². The van der Waals surface area contributed by atoms with E-state index in [2.05, 4.69) is 5.32 Å². The number of thiocarbonyl (C=S) groups is 1. The second kappa shape index (κ2) is 5.21. The Morgan fingerprint density at radius 1 is 1.53 bits per heavy atom. The van der Waals surface area contributed by atoms with Crippen molar-refractivity contribution in [3.8, 4) is 0 Å². The monoisotopic (exact) mass is 270 g/mol. The second-order valence-electron chi connectivity index (χ2n) is 4.23. The first kappa shape index (κ1) is 12.6. The first-order valence-corrected chi connectivity index (χ1v) is 6.27. The summed E-state index contributed by atoms with van der Waals surface area (Å²) in [5, 5.41) is 3.99. The average Bonchev–Trinajstić information content (AvgIpc) is 2.22. The first-order valence-electron chi connectivity index (χ1n) is 5.49. The topological polar surface area (TPSA) is 47.3 Å². The second-order valence-corrected chi connectivity index (χ2v) is 5.08. The van der Waals surface area contributed by atoms with E-state index in [0.29, 0.717) is 22.2 Å². The molecule has 1 aliphatic rings. The fourth-order valence-corrected chi connectivity index (χ4v) is 2.43. The molecule has 3 nitrogen and oxygen atoms in total. The van der Waals surface area contributed by atoms with Gasteiger partial charge in [-0.25, -0.2) is 0 Å². The van der Waals surface area contributed by atoms with Crippen LogP contribution >= 0.6 is 23.8 Å². The molecule has 0 spiro atoms. The van der Waals surface area contributed by atoms with Crippen molar-refractivity contribution < 1.29 is 4.74 Å². The Bertz CT molecular complexity index is 433. The lowest BCUT2D eigenvalue weighted by Crippen LogP contribution is -2.40. The summed E-state index contributed by atoms with van der Waals surface area (Å²) in [5.74, 6) is 0. The molecule has 3 N–H and O–H groups in total. The molecule has 0 heterocycles. The van der Waals surface area contributed by atoms with Gasteiger partial charge in [0.25, 0.3) is 0 Å². The normalized spacial score (nSPS) is 22.9. The summed E-state index contributed by atoms with van der Waals surface area (Å²) in [5.41, 5.74) is 7.26. The van der Waals surface area contributed by atoms with Crippen LogP contribution in [0.2, 0.25) is 5.02 Å². The summed E-state index contributed by atoms with van der Waals surface area (Å²) in [6.07, 6.45) is 2.45. The molecule has 0 radical (unpaired) electrons. The highest BCUT2D eigenvalue weighted by Gasteiger charge is 2.28. The Morgan fingerprint density at radius 2 is 2.24 bits per heavy atom. The number of ether oxygens (including phenoxy) is 1. The van der Waals surface area contributed by atoms with Gasteiger partial charge in [-0.1, -0.05) is 23.8 Å². The van der Waals surface area contributed by atoms with Crippen molar-refractivity contribution in [2.45, 2.75) is 25.0 Å². The van der Waals surface area contributed by atoms with Gasteiger partial charge in [0.2, 0.25) is 0 Å². The van der Waals surface area contributed by atoms with Gasteiger partial charge in [0.1, 0.15) is 4.99 Å². The van der Waals surface area contributed by atoms with Crippen LogP contribution in [0.15, 0.2) is 18.2 Å². The summed E-state index contributed by atoms with van der Waals surface area (Å²) in [6.45, 7) is 0. The van der Waals surface area contributed by atoms with Crippen LogP contribution < -0.4 is 11.1 Å². The molecule has 0 bridgehead atoms. The maximum absolute atomic E-state index is 6.09. The third-order valence-corrected chi connectivity index (χ3v) is 3.57. The number of benzene rings is 1. The highest BCUT2D eigenvalue weighted by atomic mass is 35.5. The molecule has 1 aromatic carbocycles. The molecule has 1 aliphatic carbocycles. The van der Waals surface area contributed by atoms with Crippen LogP contribution in [0.5, 0.6) is 0 Å². The molecule has 1 fully saturated rings. The standard InChI is InChI=1S/C12H15ClN2OS/c1-16-9-4-8(5-9)15-7-2-3-10(12(14)17)11(13)6-7/h2-3,6,8-9,15H,4-5H2,1H3,(H2,14,17). The van der Waals surface area contributed by atoms with Crippen molar-refractivity contribution in [2.75, 3.05) is 12.4 Å². The zero-order valence-electron chi connectivity index (χ0n) is 9.57. The van der Waals surface area contributed by atoms with Crippen LogP contribution in [0.1, 0.15) is 18.4 Å². The molecule has 2 rings (SSSR count). The van der Waals surface area contributed by atoms with E-state index in [1.54, 1.807) is 7.11 Å². The Balaban J connectivity index is 1.99. The highest BCUT2D eigenvalue weighted by molar-refractivity contribution is 7.80. The first-order chi connectivity index (χ1) is 8.10. The molecule has 0 amide bonds. The lowest BCUT2D eigenvalue weighted by Gasteiger charge is -2.35. The minimum absolute atomic E-state index is 0.324. The van der Waals surface area contributed by atoms with Crippen molar-refractivity contribution in [1.82, 2.24) is 0 Å². The SMILES string of the molecule is COC1CC(Nc2ccc(C(N)=S)c(Cl)c2)C1. The molecule has 0 atom stereocenters. The number of hydrogen-bond acceptors (Lipinski definition) is 3. The van der Waals surface area contributed by atoms with Crippen LogP contribution in [-0.2, 0) is 4.74 Å². The van der Waals surface area contributed by atoms with E-state index in [9.17, 15) is 0 Å². The van der Waals surface area contributed by atoms with E-state index in [4.69, 9.17) is 34.3 Å². The number of rotatable bonds is 4. The van der Waals surface area contributed by atoms with Crippen LogP contribution in [0.25, 0.3) is 0 Å². The third-order valence-electron chi connectivity index (χ3n) is 3.03. The number of halogens is 1. The van der Waals surface area contributed by atoms with Gasteiger partial charge in [-0.05, 0) is 31.0 Å². The maximum atomic E-state index is 6.09. The zero-order valence-corrected chi connectivity index (χ0v) is 11.1. The quantitative estimate of drug-likeness (QED) is 0.826. The Labute approximate surface area is 111 Å². The van der Waals surface area contributed by atoms with Gasteiger partial charge in [-0.3, -0.25) is 0 Å². The van der Waals surface area contributed by atoms with E-state index < -0.39 is 0 Å². The summed E-state index contributed by atoms with van der Waals surface area (Å²) in [6, 6.07) is 6.11. The Hall–Kier alpha value is -0.840. The summed E-state index contributed by atoms with van der Waals surface area (Å²) >= 11 is 11.0. The van der Waals surface area contributed by atoms with Crippen molar-refractivity contribution >= 4 is 34.5 Å². The summed E-state index contributed by atoms with van der Waals surface area (Å²) in [4.78, 5) is 0.324. The van der Waals surface area contributed by atoms with E-state index in [1.807, 2.05) is 18.2 Å². The van der Waals surface area contributed by atoms with Gasteiger partial charge in [0.15, 0.2) is 0 Å². The number of methoxy groups -OCH3 is 1. The summed E-state index contributed by atoms with van der Waals surface area (Å²) in [7, 11) is 1.74. The molecule has 0 aliphatic heterocycles. The van der Waals surface area contributed by atoms with Gasteiger partial charge in [0, 0.05) is 24.4 Å². The number of nitrogens with two attached hydrogens (primary N) is 1. The molecule has 92 valence electrons. The Kier molecular flexibility index (Phi) is 3.86. The van der Waals surface area contributed by atoms with Crippen LogP contribution in [0, 0.1) is 0 Å². The van der Waals surface area contributed by atoms with Crippen molar-refractivity contribution in [3.05, 3.63) is 28.8 Å². The largest absolute Gasteiger partial charge is 0.389 e. The lowest BCUT2D eigenvalue weighted by atomic mass is 9.89. The lowest BCUT2D eigenvalue weighted by molar-refractivity contribution is 0.0329. The highest BCUT2D eigenvalue weighted by Crippen LogP contribution is 2.28. The number of anilines is 1. The van der Waals surface area contributed by atoms with Gasteiger partial charge in [-0.15, -0.1) is 0 Å². The third kappa shape index (κ3) is 2.89. The smallest absolute Gasteiger partial charge is 0.105 e. The zero-order chi connectivity index (χ0) is 12.4. The number of nitrogens with one attached hydrogen (secondary N) is 1. The van der Waals surface area contributed by atoms with Crippen molar-refractivity contribution in [3.63, 3.8) is 0 Å². The van der Waals surface area contributed by atoms with Crippen molar-refractivity contribution in [1.29, 1.82) is 0 Å². The molecule has 1 aromatic rings. The minimum Gasteiger partial charge on any atom is -0.389 e. The van der Waals surface area contributed by atoms with Gasteiger partial charge in [-0.2, -0.15) is 0 Å². The molecule has 0 aromatic heterocycles. The van der Waals surface area contributed by atoms with Gasteiger partial charge >= 0.3 is 0 Å². The van der Waals surface area contributed by atoms with Crippen LogP contribution in [-0.4, -0.2) is 24.2 Å². The summed E-state index contributed by atoms with van der Waals surface area (Å²) < 4.78 is 5.23. The van der Waals surface area contributed by atoms with Crippen LogP contribution in [0.4, 0.5) is 5.69 Å². The number of hydrogen-bond donors (Lipinski definition) is 2. The van der Waals surface area contributed by atoms with E-state index in [1.165, 1.54) is 0 Å². The predicted octanol–water partition coefficient (Wildman–Crippen LogP) is 2.56. The minimum atomic E-state index is 0.324. The fraction of sp³-hybridized carbons (Fsp3) is 0.417. The molecule has 0 unspecified atom stereocenters. The molecule has 1 saturated carbocycles. The molecule has 0 saturated heterocycles. The van der Waals surface area contributed by atoms with Crippen LogP contribution in [0.3, 0.4) is 0 Å². The maximum Gasteiger partial charge on any atom is 0.105 e. The predicted molar refractivity (Wildman–Crippen MR) is 74.8 cm³/mol. The van der Waals surface area contributed by atoms with E-state index in [-0.39, 0.29) is 0 Å². The molecular formula is C12H15ClN2OS. The van der Waals surface area contributed by atoms with Gasteiger partial charge < -0.3 is 15.8 Å². The van der Waals surface area contributed by atoms with Crippen molar-refractivity contribution in [2.24, 2.45) is 5.73 Å². The molecular weight excluding hydrogens is 256 g/mol. The van der Waals surface area contributed by atoms with E-state index in [0.717, 1.165) is 24.1 Å². The fourth-order valence-electron chi connectivity index (χ4n) is 1.92.